The number of piperidine rings is 1. The lowest BCUT2D eigenvalue weighted by Crippen LogP contribution is -2.54. The van der Waals surface area contributed by atoms with Gasteiger partial charge in [0.2, 0.25) is 0 Å². The molecule has 1 spiro atoms. The van der Waals surface area contributed by atoms with Gasteiger partial charge in [0.25, 0.3) is 6.43 Å². The van der Waals surface area contributed by atoms with E-state index in [1.807, 2.05) is 0 Å². The second-order valence-electron chi connectivity index (χ2n) is 5.78. The van der Waals surface area contributed by atoms with E-state index < -0.39 is 17.6 Å². The lowest BCUT2D eigenvalue weighted by Gasteiger charge is -2.48. The standard InChI is InChI=1S/C14H18ClF2NO2S/c1-8-6-13(3-4-18-8)11-9(5-10(15)21-11)14(19-2,7-20-13)12(16)17/h5,8,12,18H,3-4,6-7H2,1-2H3/t8-,13+,14+/m0/s1. The monoisotopic (exact) mass is 337 g/mol. The summed E-state index contributed by atoms with van der Waals surface area (Å²) >= 11 is 7.46. The Bertz CT molecular complexity index is 541. The lowest BCUT2D eigenvalue weighted by molar-refractivity contribution is -0.216. The number of ether oxygens (including phenoxy) is 2. The Morgan fingerprint density at radius 1 is 1.57 bits per heavy atom. The number of halogens is 3. The zero-order valence-electron chi connectivity index (χ0n) is 11.9. The summed E-state index contributed by atoms with van der Waals surface area (Å²) < 4.78 is 39.0. The van der Waals surface area contributed by atoms with Crippen LogP contribution in [0.25, 0.3) is 0 Å². The minimum atomic E-state index is -2.66. The zero-order valence-corrected chi connectivity index (χ0v) is 13.5. The molecule has 1 N–H and O–H groups in total. The van der Waals surface area contributed by atoms with Crippen molar-refractivity contribution in [3.05, 3.63) is 20.8 Å². The number of hydrogen-bond donors (Lipinski definition) is 1. The van der Waals surface area contributed by atoms with Crippen LogP contribution >= 0.6 is 22.9 Å². The zero-order chi connectivity index (χ0) is 15.3. The topological polar surface area (TPSA) is 30.5 Å². The summed E-state index contributed by atoms with van der Waals surface area (Å²) in [5, 5.41) is 3.36. The molecule has 21 heavy (non-hydrogen) atoms. The van der Waals surface area contributed by atoms with Crippen LogP contribution in [0.3, 0.4) is 0 Å². The molecule has 2 aliphatic rings. The van der Waals surface area contributed by atoms with E-state index in [9.17, 15) is 8.78 Å². The van der Waals surface area contributed by atoms with Crippen LogP contribution in [0, 0.1) is 0 Å². The van der Waals surface area contributed by atoms with Gasteiger partial charge >= 0.3 is 0 Å². The Morgan fingerprint density at radius 2 is 2.33 bits per heavy atom. The molecule has 7 heteroatoms. The summed E-state index contributed by atoms with van der Waals surface area (Å²) in [5.74, 6) is 0. The summed E-state index contributed by atoms with van der Waals surface area (Å²) in [4.78, 5) is 0.800. The molecule has 0 saturated carbocycles. The Labute approximate surface area is 131 Å². The number of methoxy groups -OCH3 is 1. The second-order valence-corrected chi connectivity index (χ2v) is 7.46. The van der Waals surface area contributed by atoms with Gasteiger partial charge < -0.3 is 14.8 Å². The van der Waals surface area contributed by atoms with Gasteiger partial charge in [-0.15, -0.1) is 11.3 Å². The third kappa shape index (κ3) is 2.32. The lowest BCUT2D eigenvalue weighted by atomic mass is 9.79. The SMILES string of the molecule is CO[C@]1(C(F)F)CO[C@@]2(CCN[C@@H](C)C2)c2sc(Cl)cc21. The van der Waals surface area contributed by atoms with E-state index in [1.54, 1.807) is 6.07 Å². The predicted molar refractivity (Wildman–Crippen MR) is 78.3 cm³/mol. The summed E-state index contributed by atoms with van der Waals surface area (Å²) in [6.07, 6.45) is -1.16. The number of rotatable bonds is 2. The fraction of sp³-hybridized carbons (Fsp3) is 0.714. The van der Waals surface area contributed by atoms with E-state index in [2.05, 4.69) is 12.2 Å². The number of alkyl halides is 2. The Kier molecular flexibility index (Phi) is 4.03. The van der Waals surface area contributed by atoms with Crippen LogP contribution in [-0.2, 0) is 20.7 Å². The Hall–Kier alpha value is -0.270. The average molecular weight is 338 g/mol. The van der Waals surface area contributed by atoms with Crippen molar-refractivity contribution in [2.24, 2.45) is 0 Å². The third-order valence-corrected chi connectivity index (χ3v) is 5.96. The number of hydrogen-bond acceptors (Lipinski definition) is 4. The van der Waals surface area contributed by atoms with Gasteiger partial charge in [-0.1, -0.05) is 11.6 Å². The largest absolute Gasteiger partial charge is 0.366 e. The van der Waals surface area contributed by atoms with Crippen molar-refractivity contribution in [2.75, 3.05) is 20.3 Å². The number of fused-ring (bicyclic) bond motifs is 2. The minimum absolute atomic E-state index is 0.145. The van der Waals surface area contributed by atoms with Crippen LogP contribution in [0.4, 0.5) is 8.78 Å². The van der Waals surface area contributed by atoms with E-state index in [4.69, 9.17) is 21.1 Å². The molecule has 1 aromatic rings. The summed E-state index contributed by atoms with van der Waals surface area (Å²) in [7, 11) is 1.30. The molecule has 3 heterocycles. The van der Waals surface area contributed by atoms with E-state index in [0.29, 0.717) is 9.90 Å². The van der Waals surface area contributed by atoms with Crippen LogP contribution in [0.2, 0.25) is 4.34 Å². The van der Waals surface area contributed by atoms with Crippen molar-refractivity contribution in [3.8, 4) is 0 Å². The second kappa shape index (κ2) is 5.42. The molecular weight excluding hydrogens is 320 g/mol. The highest BCUT2D eigenvalue weighted by atomic mass is 35.5. The van der Waals surface area contributed by atoms with Gasteiger partial charge in [0.1, 0.15) is 5.60 Å². The molecule has 0 unspecified atom stereocenters. The van der Waals surface area contributed by atoms with Crippen molar-refractivity contribution in [1.82, 2.24) is 5.32 Å². The predicted octanol–water partition coefficient (Wildman–Crippen LogP) is 3.51. The molecule has 3 atom stereocenters. The van der Waals surface area contributed by atoms with Gasteiger partial charge in [-0.25, -0.2) is 8.78 Å². The van der Waals surface area contributed by atoms with Crippen LogP contribution in [0.1, 0.15) is 30.2 Å². The maximum absolute atomic E-state index is 13.6. The Balaban J connectivity index is 2.11. The highest BCUT2D eigenvalue weighted by Gasteiger charge is 2.55. The minimum Gasteiger partial charge on any atom is -0.366 e. The maximum atomic E-state index is 13.6. The maximum Gasteiger partial charge on any atom is 0.273 e. The fourth-order valence-electron chi connectivity index (χ4n) is 3.37. The van der Waals surface area contributed by atoms with Crippen LogP contribution in [-0.4, -0.2) is 32.7 Å². The quantitative estimate of drug-likeness (QED) is 0.896. The molecule has 1 saturated heterocycles. The van der Waals surface area contributed by atoms with Gasteiger partial charge in [-0.05, 0) is 32.4 Å². The van der Waals surface area contributed by atoms with Crippen molar-refractivity contribution in [2.45, 2.75) is 43.4 Å². The highest BCUT2D eigenvalue weighted by Crippen LogP contribution is 2.53. The van der Waals surface area contributed by atoms with Gasteiger partial charge in [-0.2, -0.15) is 0 Å². The van der Waals surface area contributed by atoms with Crippen LogP contribution in [0.5, 0.6) is 0 Å². The van der Waals surface area contributed by atoms with E-state index in [0.717, 1.165) is 24.3 Å². The smallest absolute Gasteiger partial charge is 0.273 e. The highest BCUT2D eigenvalue weighted by molar-refractivity contribution is 7.16. The third-order valence-electron chi connectivity index (χ3n) is 4.51. The molecule has 118 valence electrons. The van der Waals surface area contributed by atoms with E-state index >= 15 is 0 Å². The van der Waals surface area contributed by atoms with Crippen molar-refractivity contribution >= 4 is 22.9 Å². The average Bonchev–Trinajstić information content (AvgIpc) is 2.83. The molecule has 1 fully saturated rings. The van der Waals surface area contributed by atoms with Gasteiger partial charge in [0.15, 0.2) is 5.60 Å². The first-order valence-corrected chi connectivity index (χ1v) is 8.14. The van der Waals surface area contributed by atoms with Crippen molar-refractivity contribution in [1.29, 1.82) is 0 Å². The molecule has 0 amide bonds. The van der Waals surface area contributed by atoms with Gasteiger partial charge in [0, 0.05) is 23.6 Å². The first-order chi connectivity index (χ1) is 9.93. The summed E-state index contributed by atoms with van der Waals surface area (Å²) in [6, 6.07) is 1.89. The van der Waals surface area contributed by atoms with Gasteiger partial charge in [0.05, 0.1) is 10.9 Å². The van der Waals surface area contributed by atoms with Crippen molar-refractivity contribution < 1.29 is 18.3 Å². The molecule has 0 aromatic carbocycles. The normalized spacial score (nSPS) is 36.2. The summed E-state index contributed by atoms with van der Waals surface area (Å²) in [5.41, 5.74) is -1.73. The molecule has 3 rings (SSSR count). The molecule has 3 nitrogen and oxygen atoms in total. The first-order valence-electron chi connectivity index (χ1n) is 6.94. The number of nitrogens with one attached hydrogen (secondary N) is 1. The molecule has 1 aromatic heterocycles. The fourth-order valence-corrected chi connectivity index (χ4v) is 4.85. The Morgan fingerprint density at radius 3 is 2.95 bits per heavy atom. The van der Waals surface area contributed by atoms with Gasteiger partial charge in [-0.3, -0.25) is 0 Å². The molecule has 0 radical (unpaired) electrons. The molecular formula is C14H18ClF2NO2S. The molecule has 2 aliphatic heterocycles. The summed E-state index contributed by atoms with van der Waals surface area (Å²) in [6.45, 7) is 2.73. The van der Waals surface area contributed by atoms with E-state index in [-0.39, 0.29) is 12.6 Å². The molecule has 0 bridgehead atoms. The van der Waals surface area contributed by atoms with Crippen LogP contribution in [0.15, 0.2) is 6.07 Å². The first kappa shape index (κ1) is 15.6. The number of thiophene rings is 1. The molecule has 0 aliphatic carbocycles. The van der Waals surface area contributed by atoms with E-state index in [1.165, 1.54) is 18.4 Å². The van der Waals surface area contributed by atoms with Crippen LogP contribution < -0.4 is 5.32 Å². The van der Waals surface area contributed by atoms with Crippen molar-refractivity contribution in [3.63, 3.8) is 0 Å².